The Morgan fingerprint density at radius 1 is 1.32 bits per heavy atom. The van der Waals surface area contributed by atoms with Gasteiger partial charge in [-0.15, -0.1) is 0 Å². The van der Waals surface area contributed by atoms with Crippen LogP contribution in [0.3, 0.4) is 0 Å². The molecule has 104 valence electrons. The summed E-state index contributed by atoms with van der Waals surface area (Å²) in [4.78, 5) is 2.61. The van der Waals surface area contributed by atoms with Crippen molar-refractivity contribution in [2.45, 2.75) is 31.7 Å². The van der Waals surface area contributed by atoms with Crippen molar-refractivity contribution >= 4 is 0 Å². The molecule has 1 aromatic rings. The number of likely N-dealkylation sites (tertiary alicyclic amines) is 1. The predicted molar refractivity (Wildman–Crippen MR) is 77.5 cm³/mol. The molecule has 19 heavy (non-hydrogen) atoms. The van der Waals surface area contributed by atoms with E-state index >= 15 is 0 Å². The molecule has 3 unspecified atom stereocenters. The summed E-state index contributed by atoms with van der Waals surface area (Å²) >= 11 is 0. The normalized spacial score (nSPS) is 30.9. The number of fused-ring (bicyclic) bond motifs is 1. The Kier molecular flexibility index (Phi) is 3.76. The van der Waals surface area contributed by atoms with Crippen LogP contribution in [0.1, 0.15) is 31.2 Å². The van der Waals surface area contributed by atoms with Gasteiger partial charge in [0.25, 0.3) is 0 Å². The summed E-state index contributed by atoms with van der Waals surface area (Å²) in [6.07, 6.45) is 2.56. The highest BCUT2D eigenvalue weighted by Gasteiger charge is 2.30. The SMILES string of the molecule is CC1CCC(CN)CN1CC1COc2ccccc21. The van der Waals surface area contributed by atoms with E-state index in [-0.39, 0.29) is 0 Å². The van der Waals surface area contributed by atoms with Gasteiger partial charge < -0.3 is 10.5 Å². The van der Waals surface area contributed by atoms with Crippen LogP contribution in [0.15, 0.2) is 24.3 Å². The molecule has 0 saturated carbocycles. The van der Waals surface area contributed by atoms with Gasteiger partial charge >= 0.3 is 0 Å². The predicted octanol–water partition coefficient (Wildman–Crippen LogP) is 2.22. The van der Waals surface area contributed by atoms with Gasteiger partial charge in [0.05, 0.1) is 6.61 Å². The van der Waals surface area contributed by atoms with Gasteiger partial charge in [-0.2, -0.15) is 0 Å². The maximum Gasteiger partial charge on any atom is 0.122 e. The van der Waals surface area contributed by atoms with Gasteiger partial charge in [0.1, 0.15) is 5.75 Å². The topological polar surface area (TPSA) is 38.5 Å². The second kappa shape index (κ2) is 5.51. The zero-order valence-corrected chi connectivity index (χ0v) is 11.7. The Labute approximate surface area is 115 Å². The van der Waals surface area contributed by atoms with Crippen molar-refractivity contribution < 1.29 is 4.74 Å². The number of nitrogens with zero attached hydrogens (tertiary/aromatic N) is 1. The lowest BCUT2D eigenvalue weighted by Gasteiger charge is -2.38. The van der Waals surface area contributed by atoms with Crippen molar-refractivity contribution in [3.8, 4) is 5.75 Å². The van der Waals surface area contributed by atoms with E-state index < -0.39 is 0 Å². The molecule has 0 spiro atoms. The van der Waals surface area contributed by atoms with Crippen LogP contribution >= 0.6 is 0 Å². The van der Waals surface area contributed by atoms with Gasteiger partial charge in [0.15, 0.2) is 0 Å². The summed E-state index contributed by atoms with van der Waals surface area (Å²) in [5, 5.41) is 0. The first-order chi connectivity index (χ1) is 9.28. The summed E-state index contributed by atoms with van der Waals surface area (Å²) in [5.41, 5.74) is 7.22. The molecule has 1 saturated heterocycles. The summed E-state index contributed by atoms with van der Waals surface area (Å²) in [5.74, 6) is 2.27. The van der Waals surface area contributed by atoms with Crippen LogP contribution in [0.4, 0.5) is 0 Å². The number of nitrogens with two attached hydrogens (primary N) is 1. The molecule has 3 atom stereocenters. The van der Waals surface area contributed by atoms with Crippen LogP contribution in [0.2, 0.25) is 0 Å². The molecule has 0 amide bonds. The maximum atomic E-state index is 5.84. The minimum absolute atomic E-state index is 0.523. The molecule has 1 fully saturated rings. The molecule has 3 nitrogen and oxygen atoms in total. The molecule has 2 heterocycles. The number of para-hydroxylation sites is 1. The molecular weight excluding hydrogens is 236 g/mol. The molecule has 0 bridgehead atoms. The molecule has 0 aromatic heterocycles. The van der Waals surface area contributed by atoms with Gasteiger partial charge in [-0.1, -0.05) is 18.2 Å². The van der Waals surface area contributed by atoms with Crippen molar-refractivity contribution in [2.24, 2.45) is 11.7 Å². The minimum Gasteiger partial charge on any atom is -0.493 e. The fourth-order valence-corrected chi connectivity index (χ4v) is 3.37. The summed E-state index contributed by atoms with van der Waals surface area (Å²) < 4.78 is 5.79. The smallest absolute Gasteiger partial charge is 0.122 e. The lowest BCUT2D eigenvalue weighted by Crippen LogP contribution is -2.45. The summed E-state index contributed by atoms with van der Waals surface area (Å²) in [7, 11) is 0. The van der Waals surface area contributed by atoms with Crippen LogP contribution in [-0.2, 0) is 0 Å². The number of rotatable bonds is 3. The zero-order valence-electron chi connectivity index (χ0n) is 11.7. The molecule has 0 aliphatic carbocycles. The standard InChI is InChI=1S/C16H24N2O/c1-12-6-7-13(8-17)9-18(12)10-14-11-19-16-5-3-2-4-15(14)16/h2-5,12-14H,6-11,17H2,1H3. The van der Waals surface area contributed by atoms with E-state index in [2.05, 4.69) is 36.1 Å². The lowest BCUT2D eigenvalue weighted by molar-refractivity contribution is 0.109. The Morgan fingerprint density at radius 2 is 2.16 bits per heavy atom. The first kappa shape index (κ1) is 12.9. The Balaban J connectivity index is 1.68. The molecular formula is C16H24N2O. The van der Waals surface area contributed by atoms with Gasteiger partial charge in [-0.05, 0) is 38.3 Å². The van der Waals surface area contributed by atoms with Gasteiger partial charge in [-0.25, -0.2) is 0 Å². The van der Waals surface area contributed by atoms with E-state index in [0.29, 0.717) is 17.9 Å². The van der Waals surface area contributed by atoms with Crippen LogP contribution in [0.25, 0.3) is 0 Å². The van der Waals surface area contributed by atoms with E-state index in [9.17, 15) is 0 Å². The monoisotopic (exact) mass is 260 g/mol. The Hall–Kier alpha value is -1.06. The van der Waals surface area contributed by atoms with Crippen LogP contribution in [0, 0.1) is 5.92 Å². The van der Waals surface area contributed by atoms with Crippen molar-refractivity contribution in [3.05, 3.63) is 29.8 Å². The van der Waals surface area contributed by atoms with Crippen molar-refractivity contribution in [1.82, 2.24) is 4.90 Å². The largest absolute Gasteiger partial charge is 0.493 e. The average molecular weight is 260 g/mol. The van der Waals surface area contributed by atoms with E-state index in [0.717, 1.165) is 32.0 Å². The van der Waals surface area contributed by atoms with Crippen LogP contribution in [-0.4, -0.2) is 37.2 Å². The third-order valence-corrected chi connectivity index (χ3v) is 4.70. The van der Waals surface area contributed by atoms with Crippen LogP contribution in [0.5, 0.6) is 5.75 Å². The number of hydrogen-bond donors (Lipinski definition) is 1. The van der Waals surface area contributed by atoms with Crippen molar-refractivity contribution in [2.75, 3.05) is 26.2 Å². The number of hydrogen-bond acceptors (Lipinski definition) is 3. The first-order valence-electron chi connectivity index (χ1n) is 7.43. The highest BCUT2D eigenvalue weighted by molar-refractivity contribution is 5.39. The first-order valence-corrected chi connectivity index (χ1v) is 7.43. The molecule has 1 aromatic carbocycles. The van der Waals surface area contributed by atoms with E-state index in [4.69, 9.17) is 10.5 Å². The molecule has 3 heteroatoms. The molecule has 2 N–H and O–H groups in total. The Morgan fingerprint density at radius 3 is 3.00 bits per heavy atom. The summed E-state index contributed by atoms with van der Waals surface area (Å²) in [6.45, 7) is 6.25. The maximum absolute atomic E-state index is 5.84. The highest BCUT2D eigenvalue weighted by Crippen LogP contribution is 2.35. The third-order valence-electron chi connectivity index (χ3n) is 4.70. The van der Waals surface area contributed by atoms with Crippen molar-refractivity contribution in [1.29, 1.82) is 0 Å². The fraction of sp³-hybridized carbons (Fsp3) is 0.625. The third kappa shape index (κ3) is 2.63. The lowest BCUT2D eigenvalue weighted by atomic mass is 9.91. The second-order valence-corrected chi connectivity index (χ2v) is 6.03. The molecule has 2 aliphatic rings. The second-order valence-electron chi connectivity index (χ2n) is 6.03. The highest BCUT2D eigenvalue weighted by atomic mass is 16.5. The average Bonchev–Trinajstić information content (AvgIpc) is 2.85. The minimum atomic E-state index is 0.523. The van der Waals surface area contributed by atoms with E-state index in [1.54, 1.807) is 0 Å². The summed E-state index contributed by atoms with van der Waals surface area (Å²) in [6, 6.07) is 9.13. The van der Waals surface area contributed by atoms with E-state index in [1.807, 2.05) is 0 Å². The quantitative estimate of drug-likeness (QED) is 0.905. The zero-order chi connectivity index (χ0) is 13.2. The molecule has 0 radical (unpaired) electrons. The van der Waals surface area contributed by atoms with E-state index in [1.165, 1.54) is 18.4 Å². The van der Waals surface area contributed by atoms with Crippen LogP contribution < -0.4 is 10.5 Å². The number of piperidine rings is 1. The molecule has 2 aliphatic heterocycles. The molecule has 3 rings (SSSR count). The van der Waals surface area contributed by atoms with Gasteiger partial charge in [0, 0.05) is 30.6 Å². The fourth-order valence-electron chi connectivity index (χ4n) is 3.37. The van der Waals surface area contributed by atoms with Gasteiger partial charge in [-0.3, -0.25) is 4.90 Å². The number of ether oxygens (including phenoxy) is 1. The van der Waals surface area contributed by atoms with Gasteiger partial charge in [0.2, 0.25) is 0 Å². The Bertz CT molecular complexity index is 435. The van der Waals surface area contributed by atoms with Crippen molar-refractivity contribution in [3.63, 3.8) is 0 Å². The number of benzene rings is 1.